The number of hydrogen-bond acceptors (Lipinski definition) is 6. The standard InChI is InChI=1S/C27H37N3O5S/c1-6-15-30(25(33)21(17-36)29-26(34)35-27(3,4)5)22(20-14-10-11-18(2)23(20)31)24(32)28-16-19-12-8-7-9-13-19/h7-14,21-22,31,36H,6,15-17H2,1-5H3,(H,28,32)(H,29,34). The molecule has 2 rings (SSSR count). The molecule has 196 valence electrons. The minimum atomic E-state index is -1.12. The van der Waals surface area contributed by atoms with E-state index in [0.29, 0.717) is 17.5 Å². The van der Waals surface area contributed by atoms with Crippen molar-refractivity contribution in [3.05, 3.63) is 65.2 Å². The molecule has 8 nitrogen and oxygen atoms in total. The smallest absolute Gasteiger partial charge is 0.408 e. The van der Waals surface area contributed by atoms with Crippen LogP contribution < -0.4 is 10.6 Å². The van der Waals surface area contributed by atoms with Crippen LogP contribution in [0, 0.1) is 6.92 Å². The summed E-state index contributed by atoms with van der Waals surface area (Å²) in [6.45, 7) is 9.25. The van der Waals surface area contributed by atoms with Gasteiger partial charge in [-0.1, -0.05) is 55.5 Å². The van der Waals surface area contributed by atoms with Gasteiger partial charge in [0.2, 0.25) is 11.8 Å². The number of phenols is 1. The van der Waals surface area contributed by atoms with E-state index in [4.69, 9.17) is 4.74 Å². The van der Waals surface area contributed by atoms with Gasteiger partial charge in [0, 0.05) is 24.4 Å². The molecular weight excluding hydrogens is 478 g/mol. The quantitative estimate of drug-likeness (QED) is 0.356. The zero-order chi connectivity index (χ0) is 26.9. The van der Waals surface area contributed by atoms with E-state index in [2.05, 4.69) is 23.3 Å². The lowest BCUT2D eigenvalue weighted by molar-refractivity contribution is -0.142. The zero-order valence-electron chi connectivity index (χ0n) is 21.6. The Labute approximate surface area is 218 Å². The molecule has 0 spiro atoms. The Balaban J connectivity index is 2.42. The molecule has 0 fully saturated rings. The van der Waals surface area contributed by atoms with Gasteiger partial charge < -0.3 is 25.4 Å². The van der Waals surface area contributed by atoms with Crippen molar-refractivity contribution in [2.45, 2.75) is 65.3 Å². The number of nitrogens with one attached hydrogen (secondary N) is 2. The van der Waals surface area contributed by atoms with Gasteiger partial charge in [-0.05, 0) is 45.2 Å². The second-order valence-corrected chi connectivity index (χ2v) is 9.90. The van der Waals surface area contributed by atoms with E-state index in [1.807, 2.05) is 37.3 Å². The molecule has 2 unspecified atom stereocenters. The first-order chi connectivity index (χ1) is 17.0. The summed E-state index contributed by atoms with van der Waals surface area (Å²) >= 11 is 4.27. The first kappa shape index (κ1) is 29.0. The Morgan fingerprint density at radius 3 is 2.33 bits per heavy atom. The second kappa shape index (κ2) is 13.2. The second-order valence-electron chi connectivity index (χ2n) is 9.53. The predicted molar refractivity (Wildman–Crippen MR) is 143 cm³/mol. The highest BCUT2D eigenvalue weighted by atomic mass is 32.1. The van der Waals surface area contributed by atoms with Gasteiger partial charge in [-0.15, -0.1) is 0 Å². The molecule has 0 aliphatic rings. The van der Waals surface area contributed by atoms with Crippen LogP contribution in [0.4, 0.5) is 4.79 Å². The molecule has 36 heavy (non-hydrogen) atoms. The van der Waals surface area contributed by atoms with Crippen LogP contribution in [0.2, 0.25) is 0 Å². The molecule has 2 aromatic rings. The van der Waals surface area contributed by atoms with Gasteiger partial charge in [-0.25, -0.2) is 4.79 Å². The van der Waals surface area contributed by atoms with Gasteiger partial charge in [0.25, 0.3) is 0 Å². The third kappa shape index (κ3) is 8.19. The van der Waals surface area contributed by atoms with Gasteiger partial charge in [0.1, 0.15) is 23.4 Å². The zero-order valence-corrected chi connectivity index (χ0v) is 22.5. The number of para-hydroxylation sites is 1. The normalized spacial score (nSPS) is 12.8. The summed E-state index contributed by atoms with van der Waals surface area (Å²) in [6, 6.07) is 12.3. The van der Waals surface area contributed by atoms with Crippen molar-refractivity contribution in [2.24, 2.45) is 0 Å². The summed E-state index contributed by atoms with van der Waals surface area (Å²) < 4.78 is 5.30. The Morgan fingerprint density at radius 2 is 1.75 bits per heavy atom. The number of ether oxygens (including phenoxy) is 1. The number of alkyl carbamates (subject to hydrolysis) is 1. The number of aryl methyl sites for hydroxylation is 1. The maximum Gasteiger partial charge on any atom is 0.408 e. The van der Waals surface area contributed by atoms with E-state index in [-0.39, 0.29) is 24.6 Å². The number of thiol groups is 1. The van der Waals surface area contributed by atoms with Crippen molar-refractivity contribution in [1.29, 1.82) is 0 Å². The summed E-state index contributed by atoms with van der Waals surface area (Å²) in [7, 11) is 0. The minimum absolute atomic E-state index is 0.00353. The molecule has 0 radical (unpaired) electrons. The van der Waals surface area contributed by atoms with Crippen LogP contribution in [-0.2, 0) is 20.9 Å². The number of benzene rings is 2. The fraction of sp³-hybridized carbons (Fsp3) is 0.444. The van der Waals surface area contributed by atoms with Crippen molar-refractivity contribution in [3.8, 4) is 5.75 Å². The number of amides is 3. The molecule has 0 aliphatic heterocycles. The molecule has 2 aromatic carbocycles. The number of rotatable bonds is 10. The van der Waals surface area contributed by atoms with Crippen LogP contribution in [0.15, 0.2) is 48.5 Å². The predicted octanol–water partition coefficient (Wildman–Crippen LogP) is 4.12. The number of aromatic hydroxyl groups is 1. The van der Waals surface area contributed by atoms with Crippen LogP contribution in [-0.4, -0.2) is 51.9 Å². The SMILES string of the molecule is CCCN(C(=O)C(CS)NC(=O)OC(C)(C)C)C(C(=O)NCc1ccccc1)c1cccc(C)c1O. The molecule has 0 bridgehead atoms. The summed E-state index contributed by atoms with van der Waals surface area (Å²) in [5, 5.41) is 16.3. The summed E-state index contributed by atoms with van der Waals surface area (Å²) in [5.74, 6) is -1.01. The number of carbonyl (C=O) groups excluding carboxylic acids is 3. The summed E-state index contributed by atoms with van der Waals surface area (Å²) in [4.78, 5) is 41.0. The Hall–Kier alpha value is -3.20. The van der Waals surface area contributed by atoms with Crippen LogP contribution in [0.1, 0.15) is 56.8 Å². The molecule has 3 N–H and O–H groups in total. The highest BCUT2D eigenvalue weighted by Crippen LogP contribution is 2.32. The van der Waals surface area contributed by atoms with Crippen LogP contribution in [0.3, 0.4) is 0 Å². The number of carbonyl (C=O) groups is 3. The average Bonchev–Trinajstić information content (AvgIpc) is 2.82. The topological polar surface area (TPSA) is 108 Å². The first-order valence-electron chi connectivity index (χ1n) is 12.0. The van der Waals surface area contributed by atoms with Crippen molar-refractivity contribution in [3.63, 3.8) is 0 Å². The maximum absolute atomic E-state index is 13.7. The third-order valence-corrected chi connectivity index (χ3v) is 5.72. The van der Waals surface area contributed by atoms with E-state index in [9.17, 15) is 19.5 Å². The van der Waals surface area contributed by atoms with Gasteiger partial charge in [0.05, 0.1) is 0 Å². The number of phenolic OH excluding ortho intramolecular Hbond substituents is 1. The monoisotopic (exact) mass is 515 g/mol. The van der Waals surface area contributed by atoms with Crippen molar-refractivity contribution >= 4 is 30.5 Å². The van der Waals surface area contributed by atoms with Gasteiger partial charge in [-0.3, -0.25) is 9.59 Å². The van der Waals surface area contributed by atoms with Crippen LogP contribution in [0.25, 0.3) is 0 Å². The molecule has 2 atom stereocenters. The summed E-state index contributed by atoms with van der Waals surface area (Å²) in [6.07, 6.45) is -0.207. The fourth-order valence-corrected chi connectivity index (χ4v) is 3.93. The Kier molecular flexibility index (Phi) is 10.6. The van der Waals surface area contributed by atoms with Crippen LogP contribution >= 0.6 is 12.6 Å². The van der Waals surface area contributed by atoms with Gasteiger partial charge >= 0.3 is 6.09 Å². The third-order valence-electron chi connectivity index (χ3n) is 5.35. The van der Waals surface area contributed by atoms with Gasteiger partial charge in [0.15, 0.2) is 0 Å². The highest BCUT2D eigenvalue weighted by Gasteiger charge is 2.36. The Morgan fingerprint density at radius 1 is 1.08 bits per heavy atom. The van der Waals surface area contributed by atoms with Crippen molar-refractivity contribution in [1.82, 2.24) is 15.5 Å². The fourth-order valence-electron chi connectivity index (χ4n) is 3.68. The first-order valence-corrected chi connectivity index (χ1v) is 12.6. The molecule has 0 saturated heterocycles. The Bertz CT molecular complexity index is 1040. The highest BCUT2D eigenvalue weighted by molar-refractivity contribution is 7.80. The molecule has 0 aliphatic carbocycles. The molecular formula is C27H37N3O5S. The van der Waals surface area contributed by atoms with E-state index >= 15 is 0 Å². The van der Waals surface area contributed by atoms with Crippen molar-refractivity contribution < 1.29 is 24.2 Å². The minimum Gasteiger partial charge on any atom is -0.507 e. The molecule has 0 saturated carbocycles. The number of hydrogen-bond donors (Lipinski definition) is 4. The molecule has 0 heterocycles. The largest absolute Gasteiger partial charge is 0.507 e. The lowest BCUT2D eigenvalue weighted by Gasteiger charge is -2.34. The van der Waals surface area contributed by atoms with Gasteiger partial charge in [-0.2, -0.15) is 12.6 Å². The molecule has 9 heteroatoms. The molecule has 0 aromatic heterocycles. The lowest BCUT2D eigenvalue weighted by Crippen LogP contribution is -2.54. The molecule has 3 amide bonds. The van der Waals surface area contributed by atoms with E-state index < -0.39 is 35.6 Å². The number of nitrogens with zero attached hydrogens (tertiary/aromatic N) is 1. The summed E-state index contributed by atoms with van der Waals surface area (Å²) in [5.41, 5.74) is 1.03. The van der Waals surface area contributed by atoms with Crippen molar-refractivity contribution in [2.75, 3.05) is 12.3 Å². The van der Waals surface area contributed by atoms with Crippen LogP contribution in [0.5, 0.6) is 5.75 Å². The van der Waals surface area contributed by atoms with E-state index in [0.717, 1.165) is 5.56 Å². The van der Waals surface area contributed by atoms with E-state index in [1.165, 1.54) is 4.90 Å². The lowest BCUT2D eigenvalue weighted by atomic mass is 9.99. The van der Waals surface area contributed by atoms with E-state index in [1.54, 1.807) is 45.9 Å². The average molecular weight is 516 g/mol. The maximum atomic E-state index is 13.7.